The Morgan fingerprint density at radius 1 is 1.33 bits per heavy atom. The van der Waals surface area contributed by atoms with Gasteiger partial charge in [-0.3, -0.25) is 4.79 Å². The van der Waals surface area contributed by atoms with Gasteiger partial charge in [-0.2, -0.15) is 0 Å². The third-order valence-electron chi connectivity index (χ3n) is 3.57. The van der Waals surface area contributed by atoms with E-state index in [2.05, 4.69) is 5.32 Å². The van der Waals surface area contributed by atoms with E-state index in [1.807, 2.05) is 0 Å². The molecule has 1 saturated heterocycles. The number of alkyl halides is 2. The topological polar surface area (TPSA) is 75.6 Å². The zero-order chi connectivity index (χ0) is 13.4. The van der Waals surface area contributed by atoms with Crippen molar-refractivity contribution in [1.82, 2.24) is 5.32 Å². The number of ether oxygens (including phenoxy) is 1. The molecule has 2 N–H and O–H groups in total. The van der Waals surface area contributed by atoms with E-state index in [0.29, 0.717) is 0 Å². The summed E-state index contributed by atoms with van der Waals surface area (Å²) in [6.07, 6.45) is -0.566. The Morgan fingerprint density at radius 3 is 2.50 bits per heavy atom. The molecule has 2 aliphatic rings. The van der Waals surface area contributed by atoms with Gasteiger partial charge in [0.15, 0.2) is 5.54 Å². The lowest BCUT2D eigenvalue weighted by molar-refractivity contribution is -0.148. The molecule has 0 bridgehead atoms. The Kier molecular flexibility index (Phi) is 3.27. The summed E-state index contributed by atoms with van der Waals surface area (Å²) in [7, 11) is 0. The molecular formula is C11H15F2NO4. The highest BCUT2D eigenvalue weighted by molar-refractivity contribution is 5.88. The smallest absolute Gasteiger partial charge is 0.331 e. The number of halogens is 2. The highest BCUT2D eigenvalue weighted by Crippen LogP contribution is 2.39. The van der Waals surface area contributed by atoms with Crippen molar-refractivity contribution >= 4 is 11.9 Å². The Morgan fingerprint density at radius 2 is 2.06 bits per heavy atom. The molecule has 2 unspecified atom stereocenters. The molecule has 1 aliphatic carbocycles. The van der Waals surface area contributed by atoms with E-state index in [9.17, 15) is 18.4 Å². The van der Waals surface area contributed by atoms with Crippen LogP contribution in [0.15, 0.2) is 0 Å². The molecule has 5 nitrogen and oxygen atoms in total. The van der Waals surface area contributed by atoms with E-state index in [0.717, 1.165) is 0 Å². The van der Waals surface area contributed by atoms with E-state index in [1.165, 1.54) is 0 Å². The summed E-state index contributed by atoms with van der Waals surface area (Å²) in [5.74, 6) is -5.42. The molecule has 0 radical (unpaired) electrons. The Hall–Kier alpha value is -1.24. The summed E-state index contributed by atoms with van der Waals surface area (Å²) in [6, 6.07) is 0. The third kappa shape index (κ3) is 2.45. The van der Waals surface area contributed by atoms with Crippen molar-refractivity contribution in [3.63, 3.8) is 0 Å². The number of carboxylic acid groups (broad SMARTS) is 1. The maximum Gasteiger partial charge on any atom is 0.331 e. The summed E-state index contributed by atoms with van der Waals surface area (Å²) in [5.41, 5.74) is -1.45. The highest BCUT2D eigenvalue weighted by atomic mass is 19.3. The summed E-state index contributed by atoms with van der Waals surface area (Å²) >= 11 is 0. The van der Waals surface area contributed by atoms with Crippen LogP contribution in [0.5, 0.6) is 0 Å². The molecule has 0 aromatic heterocycles. The second-order valence-corrected chi connectivity index (χ2v) is 4.97. The van der Waals surface area contributed by atoms with Gasteiger partial charge in [0.1, 0.15) is 0 Å². The third-order valence-corrected chi connectivity index (χ3v) is 3.57. The quantitative estimate of drug-likeness (QED) is 0.789. The molecule has 2 rings (SSSR count). The van der Waals surface area contributed by atoms with Crippen LogP contribution in [-0.4, -0.2) is 41.7 Å². The monoisotopic (exact) mass is 263 g/mol. The molecule has 0 spiro atoms. The maximum atomic E-state index is 13.0. The summed E-state index contributed by atoms with van der Waals surface area (Å²) in [4.78, 5) is 23.0. The molecule has 0 aromatic carbocycles. The summed E-state index contributed by atoms with van der Waals surface area (Å²) in [5, 5.41) is 11.5. The van der Waals surface area contributed by atoms with Gasteiger partial charge >= 0.3 is 5.97 Å². The van der Waals surface area contributed by atoms with Gasteiger partial charge in [0.2, 0.25) is 11.8 Å². The summed E-state index contributed by atoms with van der Waals surface area (Å²) in [6.45, 7) is 0.130. The lowest BCUT2D eigenvalue weighted by Gasteiger charge is -2.25. The molecule has 18 heavy (non-hydrogen) atoms. The van der Waals surface area contributed by atoms with Gasteiger partial charge in [0.25, 0.3) is 0 Å². The van der Waals surface area contributed by atoms with E-state index >= 15 is 0 Å². The van der Waals surface area contributed by atoms with Crippen LogP contribution < -0.4 is 5.32 Å². The lowest BCUT2D eigenvalue weighted by Crippen LogP contribution is -2.56. The maximum absolute atomic E-state index is 13.0. The first-order valence-electron chi connectivity index (χ1n) is 5.86. The van der Waals surface area contributed by atoms with Gasteiger partial charge in [-0.15, -0.1) is 0 Å². The van der Waals surface area contributed by atoms with Gasteiger partial charge in [-0.25, -0.2) is 13.6 Å². The van der Waals surface area contributed by atoms with E-state index in [4.69, 9.17) is 9.84 Å². The number of nitrogens with one attached hydrogen (secondary N) is 1. The standard InChI is InChI=1S/C11H15F2NO4/c12-11(13)2-1-7(5-11)8(15)14-10(9(16)17)3-4-18-6-10/h7H,1-6H2,(H,14,15)(H,16,17). The number of amides is 1. The van der Waals surface area contributed by atoms with Crippen molar-refractivity contribution in [3.8, 4) is 0 Å². The van der Waals surface area contributed by atoms with Gasteiger partial charge < -0.3 is 15.2 Å². The first-order valence-corrected chi connectivity index (χ1v) is 5.86. The SMILES string of the molecule is O=C(NC1(C(=O)O)CCOC1)C1CCC(F)(F)C1. The molecule has 1 saturated carbocycles. The van der Waals surface area contributed by atoms with E-state index in [1.54, 1.807) is 0 Å². The number of aliphatic carboxylic acids is 1. The van der Waals surface area contributed by atoms with Gasteiger partial charge in [-0.1, -0.05) is 0 Å². The van der Waals surface area contributed by atoms with Crippen LogP contribution in [0.1, 0.15) is 25.7 Å². The van der Waals surface area contributed by atoms with E-state index < -0.39 is 35.7 Å². The predicted molar refractivity (Wildman–Crippen MR) is 56.2 cm³/mol. The van der Waals surface area contributed by atoms with Gasteiger partial charge in [0.05, 0.1) is 6.61 Å². The molecule has 0 aromatic rings. The minimum Gasteiger partial charge on any atom is -0.479 e. The first kappa shape index (κ1) is 13.2. The molecule has 102 valence electrons. The Balaban J connectivity index is 2.00. The van der Waals surface area contributed by atoms with Crippen molar-refractivity contribution in [1.29, 1.82) is 0 Å². The molecule has 1 amide bonds. The minimum absolute atomic E-state index is 0.0926. The fraction of sp³-hybridized carbons (Fsp3) is 0.818. The van der Waals surface area contributed by atoms with Crippen LogP contribution in [0.3, 0.4) is 0 Å². The lowest BCUT2D eigenvalue weighted by atomic mass is 9.97. The van der Waals surface area contributed by atoms with Crippen molar-refractivity contribution < 1.29 is 28.2 Å². The summed E-state index contributed by atoms with van der Waals surface area (Å²) < 4.78 is 31.0. The highest BCUT2D eigenvalue weighted by Gasteiger charge is 2.48. The number of carbonyl (C=O) groups is 2. The van der Waals surface area contributed by atoms with Crippen LogP contribution in [0.4, 0.5) is 8.78 Å². The number of rotatable bonds is 3. The second-order valence-electron chi connectivity index (χ2n) is 4.97. The van der Waals surface area contributed by atoms with Crippen molar-refractivity contribution in [2.75, 3.05) is 13.2 Å². The minimum atomic E-state index is -2.81. The molecule has 1 aliphatic heterocycles. The van der Waals surface area contributed by atoms with Crippen LogP contribution in [0.2, 0.25) is 0 Å². The fourth-order valence-electron chi connectivity index (χ4n) is 2.40. The zero-order valence-electron chi connectivity index (χ0n) is 9.75. The number of carbonyl (C=O) groups excluding carboxylic acids is 1. The van der Waals surface area contributed by atoms with Crippen LogP contribution in [-0.2, 0) is 14.3 Å². The average molecular weight is 263 g/mol. The first-order chi connectivity index (χ1) is 8.35. The second kappa shape index (κ2) is 4.46. The van der Waals surface area contributed by atoms with Crippen molar-refractivity contribution in [2.24, 2.45) is 5.92 Å². The zero-order valence-corrected chi connectivity index (χ0v) is 9.75. The Labute approximate surface area is 102 Å². The molecule has 1 heterocycles. The van der Waals surface area contributed by atoms with Crippen molar-refractivity contribution in [2.45, 2.75) is 37.1 Å². The van der Waals surface area contributed by atoms with Crippen LogP contribution >= 0.6 is 0 Å². The number of hydrogen-bond donors (Lipinski definition) is 2. The molecule has 2 atom stereocenters. The van der Waals surface area contributed by atoms with E-state index in [-0.39, 0.29) is 32.5 Å². The van der Waals surface area contributed by atoms with Gasteiger partial charge in [0, 0.05) is 31.8 Å². The normalized spacial score (nSPS) is 34.4. The average Bonchev–Trinajstić information content (AvgIpc) is 2.85. The van der Waals surface area contributed by atoms with Crippen molar-refractivity contribution in [3.05, 3.63) is 0 Å². The fourth-order valence-corrected chi connectivity index (χ4v) is 2.40. The Bertz CT molecular complexity index is 366. The largest absolute Gasteiger partial charge is 0.479 e. The number of hydrogen-bond acceptors (Lipinski definition) is 3. The van der Waals surface area contributed by atoms with Crippen LogP contribution in [0.25, 0.3) is 0 Å². The molecular weight excluding hydrogens is 248 g/mol. The van der Waals surface area contributed by atoms with Gasteiger partial charge in [-0.05, 0) is 6.42 Å². The molecule has 2 fully saturated rings. The molecule has 7 heteroatoms. The number of carboxylic acids is 1. The predicted octanol–water partition coefficient (Wildman–Crippen LogP) is 0.782. The van der Waals surface area contributed by atoms with Crippen LogP contribution in [0, 0.1) is 5.92 Å².